The van der Waals surface area contributed by atoms with Crippen LogP contribution >= 0.6 is 27.3 Å². The van der Waals surface area contributed by atoms with Crippen LogP contribution < -0.4 is 5.01 Å². The van der Waals surface area contributed by atoms with E-state index in [1.165, 1.54) is 54.7 Å². The number of aryl methyl sites for hydroxylation is 1. The van der Waals surface area contributed by atoms with Gasteiger partial charge in [-0.2, -0.15) is 10.1 Å². The van der Waals surface area contributed by atoms with E-state index in [4.69, 9.17) is 0 Å². The lowest BCUT2D eigenvalue weighted by Crippen LogP contribution is -2.26. The summed E-state index contributed by atoms with van der Waals surface area (Å²) in [6.07, 6.45) is 1.60. The van der Waals surface area contributed by atoms with Crippen LogP contribution in [0.15, 0.2) is 81.2 Å². The summed E-state index contributed by atoms with van der Waals surface area (Å²) in [6, 6.07) is 19.2. The first kappa shape index (κ1) is 24.2. The predicted octanol–water partition coefficient (Wildman–Crippen LogP) is 5.30. The number of amides is 1. The molecule has 4 rings (SSSR count). The van der Waals surface area contributed by atoms with Crippen molar-refractivity contribution in [1.29, 1.82) is 0 Å². The third-order valence-electron chi connectivity index (χ3n) is 4.99. The lowest BCUT2D eigenvalue weighted by Gasteiger charge is -2.15. The molecule has 0 aliphatic rings. The predicted molar refractivity (Wildman–Crippen MR) is 140 cm³/mol. The van der Waals surface area contributed by atoms with Crippen molar-refractivity contribution in [2.24, 2.45) is 5.10 Å². The molecule has 0 aliphatic heterocycles. The number of thiazole rings is 1. The molecule has 34 heavy (non-hydrogen) atoms. The van der Waals surface area contributed by atoms with E-state index < -0.39 is 15.9 Å². The Morgan fingerprint density at radius 3 is 2.35 bits per heavy atom. The molecular weight excluding hydrogens is 536 g/mol. The summed E-state index contributed by atoms with van der Waals surface area (Å²) in [5.41, 5.74) is 2.99. The molecule has 1 amide bonds. The molecule has 0 fully saturated rings. The fraction of sp³-hybridized carbons (Fsp3) is 0.125. The van der Waals surface area contributed by atoms with Gasteiger partial charge < -0.3 is 0 Å². The Morgan fingerprint density at radius 1 is 1.03 bits per heavy atom. The number of hydrazone groups is 1. The van der Waals surface area contributed by atoms with E-state index in [0.29, 0.717) is 10.7 Å². The van der Waals surface area contributed by atoms with Gasteiger partial charge >= 0.3 is 0 Å². The molecule has 1 aromatic heterocycles. The first-order valence-corrected chi connectivity index (χ1v) is 13.2. The second-order valence-electron chi connectivity index (χ2n) is 7.69. The van der Waals surface area contributed by atoms with Crippen LogP contribution in [-0.4, -0.2) is 43.9 Å². The van der Waals surface area contributed by atoms with E-state index in [9.17, 15) is 13.2 Å². The first-order valence-electron chi connectivity index (χ1n) is 10.2. The smallest absolute Gasteiger partial charge is 0.267 e. The summed E-state index contributed by atoms with van der Waals surface area (Å²) in [5, 5.41) is 6.11. The number of hydrogen-bond donors (Lipinski definition) is 0. The number of aromatic nitrogens is 1. The number of sulfonamides is 1. The summed E-state index contributed by atoms with van der Waals surface area (Å²) in [7, 11) is -0.679. The minimum Gasteiger partial charge on any atom is -0.267 e. The van der Waals surface area contributed by atoms with Crippen LogP contribution in [0.4, 0.5) is 5.13 Å². The molecule has 0 spiro atoms. The molecule has 0 saturated heterocycles. The third-order valence-corrected chi connectivity index (χ3v) is 8.31. The van der Waals surface area contributed by atoms with Gasteiger partial charge in [0.05, 0.1) is 21.3 Å². The van der Waals surface area contributed by atoms with Crippen molar-refractivity contribution in [2.45, 2.75) is 11.8 Å². The fourth-order valence-electron chi connectivity index (χ4n) is 3.05. The van der Waals surface area contributed by atoms with Crippen LogP contribution in [0, 0.1) is 6.92 Å². The SMILES string of the molecule is Cc1ccc(/C=N/N(C(=O)c2ccc(S(=O)(=O)N(C)C)cc2)c2nc3ccc(Br)cc3s2)cc1. The average Bonchev–Trinajstić information content (AvgIpc) is 3.23. The van der Waals surface area contributed by atoms with Gasteiger partial charge in [0.25, 0.3) is 5.91 Å². The second kappa shape index (κ2) is 9.75. The largest absolute Gasteiger partial charge is 0.280 e. The highest BCUT2D eigenvalue weighted by atomic mass is 79.9. The van der Waals surface area contributed by atoms with Crippen molar-refractivity contribution in [3.63, 3.8) is 0 Å². The highest BCUT2D eigenvalue weighted by molar-refractivity contribution is 9.10. The van der Waals surface area contributed by atoms with Crippen molar-refractivity contribution in [1.82, 2.24) is 9.29 Å². The molecule has 0 radical (unpaired) electrons. The molecule has 0 atom stereocenters. The molecule has 0 saturated carbocycles. The minimum absolute atomic E-state index is 0.105. The van der Waals surface area contributed by atoms with Crippen molar-refractivity contribution in [2.75, 3.05) is 19.1 Å². The molecular formula is C24H21BrN4O3S2. The van der Waals surface area contributed by atoms with Crippen LogP contribution in [0.5, 0.6) is 0 Å². The fourth-order valence-corrected chi connectivity index (χ4v) is 5.42. The van der Waals surface area contributed by atoms with E-state index in [2.05, 4.69) is 26.0 Å². The zero-order valence-corrected chi connectivity index (χ0v) is 21.9. The summed E-state index contributed by atoms with van der Waals surface area (Å²) in [6.45, 7) is 2.00. The van der Waals surface area contributed by atoms with Crippen LogP contribution in [-0.2, 0) is 10.0 Å². The van der Waals surface area contributed by atoms with Crippen molar-refractivity contribution in [3.8, 4) is 0 Å². The first-order chi connectivity index (χ1) is 16.1. The molecule has 0 N–H and O–H groups in total. The second-order valence-corrected chi connectivity index (χ2v) is 11.8. The molecule has 4 aromatic rings. The Kier molecular flexibility index (Phi) is 6.94. The number of halogens is 1. The molecule has 0 unspecified atom stereocenters. The summed E-state index contributed by atoms with van der Waals surface area (Å²) in [5.74, 6) is -0.421. The summed E-state index contributed by atoms with van der Waals surface area (Å²) >= 11 is 4.80. The van der Waals surface area contributed by atoms with Gasteiger partial charge in [-0.15, -0.1) is 0 Å². The number of fused-ring (bicyclic) bond motifs is 1. The van der Waals surface area contributed by atoms with Gasteiger partial charge in [-0.1, -0.05) is 57.1 Å². The molecule has 7 nitrogen and oxygen atoms in total. The van der Waals surface area contributed by atoms with E-state index in [1.807, 2.05) is 49.4 Å². The number of hydrogen-bond acceptors (Lipinski definition) is 6. The Morgan fingerprint density at radius 2 is 1.71 bits per heavy atom. The number of anilines is 1. The standard InChI is InChI=1S/C24H21BrN4O3S2/c1-16-4-6-17(7-5-16)15-26-29(24-27-21-13-10-19(25)14-22(21)33-24)23(30)18-8-11-20(12-9-18)34(31,32)28(2)3/h4-15H,1-3H3/b26-15+. The van der Waals surface area contributed by atoms with Crippen molar-refractivity contribution >= 4 is 64.8 Å². The maximum atomic E-state index is 13.5. The van der Waals surface area contributed by atoms with Crippen LogP contribution in [0.3, 0.4) is 0 Å². The van der Waals surface area contributed by atoms with Gasteiger partial charge in [0, 0.05) is 24.1 Å². The molecule has 10 heteroatoms. The number of nitrogens with zero attached hydrogens (tertiary/aromatic N) is 4. The molecule has 0 bridgehead atoms. The van der Waals surface area contributed by atoms with Crippen molar-refractivity contribution < 1.29 is 13.2 Å². The normalized spacial score (nSPS) is 12.0. The number of carbonyl (C=O) groups excluding carboxylic acids is 1. The molecule has 3 aromatic carbocycles. The lowest BCUT2D eigenvalue weighted by molar-refractivity contribution is 0.0987. The molecule has 174 valence electrons. The Balaban J connectivity index is 1.73. The van der Waals surface area contributed by atoms with E-state index in [0.717, 1.165) is 30.1 Å². The molecule has 0 aliphatic carbocycles. The summed E-state index contributed by atoms with van der Waals surface area (Å²) in [4.78, 5) is 18.2. The van der Waals surface area contributed by atoms with Gasteiger partial charge in [0.1, 0.15) is 0 Å². The third kappa shape index (κ3) is 5.10. The van der Waals surface area contributed by atoms with Gasteiger partial charge in [0.15, 0.2) is 0 Å². The quantitative estimate of drug-likeness (QED) is 0.238. The summed E-state index contributed by atoms with van der Waals surface area (Å²) < 4.78 is 27.7. The Bertz CT molecular complexity index is 1480. The van der Waals surface area contributed by atoms with Crippen LogP contribution in [0.25, 0.3) is 10.2 Å². The van der Waals surface area contributed by atoms with Gasteiger partial charge in [-0.3, -0.25) is 4.79 Å². The van der Waals surface area contributed by atoms with E-state index in [-0.39, 0.29) is 4.90 Å². The maximum Gasteiger partial charge on any atom is 0.280 e. The molecule has 1 heterocycles. The minimum atomic E-state index is -3.60. The zero-order chi connectivity index (χ0) is 24.5. The van der Waals surface area contributed by atoms with E-state index >= 15 is 0 Å². The van der Waals surface area contributed by atoms with Gasteiger partial charge in [-0.25, -0.2) is 17.7 Å². The zero-order valence-electron chi connectivity index (χ0n) is 18.6. The highest BCUT2D eigenvalue weighted by Crippen LogP contribution is 2.32. The number of benzene rings is 3. The van der Waals surface area contributed by atoms with Gasteiger partial charge in [0.2, 0.25) is 15.2 Å². The Labute approximate surface area is 210 Å². The highest BCUT2D eigenvalue weighted by Gasteiger charge is 2.23. The Hall–Kier alpha value is -2.92. The number of carbonyl (C=O) groups is 1. The van der Waals surface area contributed by atoms with Crippen LogP contribution in [0.2, 0.25) is 0 Å². The van der Waals surface area contributed by atoms with Crippen LogP contribution in [0.1, 0.15) is 21.5 Å². The topological polar surface area (TPSA) is 82.9 Å². The average molecular weight is 557 g/mol. The van der Waals surface area contributed by atoms with Crippen molar-refractivity contribution in [3.05, 3.63) is 87.9 Å². The number of rotatable bonds is 6. The van der Waals surface area contributed by atoms with E-state index in [1.54, 1.807) is 6.21 Å². The monoisotopic (exact) mass is 556 g/mol. The lowest BCUT2D eigenvalue weighted by atomic mass is 10.2. The maximum absolute atomic E-state index is 13.5. The van der Waals surface area contributed by atoms with Gasteiger partial charge in [-0.05, 0) is 55.0 Å².